The summed E-state index contributed by atoms with van der Waals surface area (Å²) in [5, 5.41) is 2.06. The fraction of sp³-hybridized carbons (Fsp3) is 0. The minimum atomic E-state index is -4.43. The molecule has 0 bridgehead atoms. The van der Waals surface area contributed by atoms with Crippen molar-refractivity contribution >= 4 is 122 Å². The van der Waals surface area contributed by atoms with Crippen LogP contribution in [0.25, 0.3) is 21.5 Å². The first kappa shape index (κ1) is 28.2. The van der Waals surface area contributed by atoms with Gasteiger partial charge in [-0.1, -0.05) is 70.1 Å². The van der Waals surface area contributed by atoms with Gasteiger partial charge >= 0.3 is 59.1 Å². The first-order valence-corrected chi connectivity index (χ1v) is 13.5. The van der Waals surface area contributed by atoms with Gasteiger partial charge in [-0.05, 0) is 35.0 Å². The third-order valence-electron chi connectivity index (χ3n) is 4.43. The number of rotatable bonds is 5. The van der Waals surface area contributed by atoms with Crippen LogP contribution in [0.5, 0.6) is 0 Å². The van der Waals surface area contributed by atoms with Gasteiger partial charge in [-0.25, -0.2) is 0 Å². The Morgan fingerprint density at radius 1 is 0.531 bits per heavy atom. The SMILES string of the molecule is O=S(=O)(O)c1cccc2cccc(SSc3cccc4cccc(S(=O)(=O)O)c34)c12.[NaH].[NaH]. The monoisotopic (exact) mass is 526 g/mol. The molecule has 12 heteroatoms. The standard InChI is InChI=1S/C20H14O6S4.2Na.2H/c21-29(22,23)17-11-3-7-13-5-1-9-15(19(13)17)27-28-16-10-2-6-14-8-4-12-18(20(14)16)30(24,25)26;;;;/h1-12H,(H,21,22,23)(H,24,25,26);;;;. The summed E-state index contributed by atoms with van der Waals surface area (Å²) in [6.07, 6.45) is 0. The second kappa shape index (κ2) is 11.1. The van der Waals surface area contributed by atoms with Gasteiger partial charge in [0.2, 0.25) is 0 Å². The Kier molecular flexibility index (Phi) is 9.77. The van der Waals surface area contributed by atoms with E-state index in [1.165, 1.54) is 33.7 Å². The Balaban J connectivity index is 0.00000181. The Labute approximate surface area is 238 Å². The van der Waals surface area contributed by atoms with Crippen molar-refractivity contribution in [2.45, 2.75) is 19.6 Å². The summed E-state index contributed by atoms with van der Waals surface area (Å²) in [5.41, 5.74) is 0. The third-order valence-corrected chi connectivity index (χ3v) is 8.68. The minimum absolute atomic E-state index is 0. The van der Waals surface area contributed by atoms with Gasteiger partial charge in [-0.15, -0.1) is 0 Å². The van der Waals surface area contributed by atoms with Crippen LogP contribution in [0.3, 0.4) is 0 Å². The van der Waals surface area contributed by atoms with E-state index in [1.807, 2.05) is 0 Å². The summed E-state index contributed by atoms with van der Waals surface area (Å²) in [6.45, 7) is 0. The van der Waals surface area contributed by atoms with Crippen LogP contribution in [0.1, 0.15) is 0 Å². The molecule has 0 aliphatic rings. The van der Waals surface area contributed by atoms with Crippen molar-refractivity contribution in [3.05, 3.63) is 72.8 Å². The molecule has 0 unspecified atom stereocenters. The van der Waals surface area contributed by atoms with Crippen LogP contribution in [-0.2, 0) is 20.2 Å². The van der Waals surface area contributed by atoms with Crippen molar-refractivity contribution < 1.29 is 25.9 Å². The molecule has 0 aromatic heterocycles. The van der Waals surface area contributed by atoms with Crippen LogP contribution in [0.15, 0.2) is 92.4 Å². The summed E-state index contributed by atoms with van der Waals surface area (Å²) < 4.78 is 66.6. The van der Waals surface area contributed by atoms with E-state index in [4.69, 9.17) is 0 Å². The Morgan fingerprint density at radius 2 is 0.844 bits per heavy atom. The molecule has 0 atom stereocenters. The topological polar surface area (TPSA) is 109 Å². The quantitative estimate of drug-likeness (QED) is 0.228. The number of fused-ring (bicyclic) bond motifs is 2. The first-order valence-electron chi connectivity index (χ1n) is 8.49. The average molecular weight is 527 g/mol. The van der Waals surface area contributed by atoms with Gasteiger partial charge in [0.25, 0.3) is 20.2 Å². The van der Waals surface area contributed by atoms with Crippen LogP contribution in [0.2, 0.25) is 0 Å². The van der Waals surface area contributed by atoms with E-state index in [2.05, 4.69) is 0 Å². The molecule has 32 heavy (non-hydrogen) atoms. The van der Waals surface area contributed by atoms with E-state index in [9.17, 15) is 25.9 Å². The van der Waals surface area contributed by atoms with Gasteiger partial charge in [-0.3, -0.25) is 9.11 Å². The Morgan fingerprint density at radius 3 is 1.16 bits per heavy atom. The van der Waals surface area contributed by atoms with Gasteiger partial charge in [0.05, 0.1) is 0 Å². The number of hydrogen-bond acceptors (Lipinski definition) is 6. The Bertz CT molecular complexity index is 1380. The number of benzene rings is 4. The van der Waals surface area contributed by atoms with E-state index in [1.54, 1.807) is 60.7 Å². The van der Waals surface area contributed by atoms with Gasteiger partial charge in [-0.2, -0.15) is 16.8 Å². The van der Waals surface area contributed by atoms with Crippen LogP contribution in [0, 0.1) is 0 Å². The Hall–Kier alpha value is -0.0800. The van der Waals surface area contributed by atoms with Gasteiger partial charge < -0.3 is 0 Å². The molecule has 0 heterocycles. The molecule has 0 aliphatic heterocycles. The summed E-state index contributed by atoms with van der Waals surface area (Å²) in [7, 11) is -6.40. The number of hydrogen-bond donors (Lipinski definition) is 2. The van der Waals surface area contributed by atoms with Crippen LogP contribution < -0.4 is 0 Å². The second-order valence-corrected chi connectivity index (χ2v) is 11.3. The van der Waals surface area contributed by atoms with Crippen molar-refractivity contribution in [3.8, 4) is 0 Å². The fourth-order valence-electron chi connectivity index (χ4n) is 3.20. The van der Waals surface area contributed by atoms with E-state index in [0.29, 0.717) is 31.3 Å². The molecule has 0 aliphatic carbocycles. The molecule has 158 valence electrons. The van der Waals surface area contributed by atoms with Crippen molar-refractivity contribution in [2.75, 3.05) is 0 Å². The van der Waals surface area contributed by atoms with Crippen molar-refractivity contribution in [1.82, 2.24) is 0 Å². The predicted molar refractivity (Wildman–Crippen MR) is 134 cm³/mol. The molecular weight excluding hydrogens is 510 g/mol. The summed E-state index contributed by atoms with van der Waals surface area (Å²) >= 11 is 0. The van der Waals surface area contributed by atoms with Crippen LogP contribution in [-0.4, -0.2) is 85.1 Å². The summed E-state index contributed by atoms with van der Waals surface area (Å²) in [4.78, 5) is 0.791. The summed E-state index contributed by atoms with van der Waals surface area (Å²) in [6, 6.07) is 19.7. The van der Waals surface area contributed by atoms with Crippen LogP contribution in [0.4, 0.5) is 0 Å². The van der Waals surface area contributed by atoms with Crippen LogP contribution >= 0.6 is 21.6 Å². The third kappa shape index (κ3) is 5.94. The molecule has 6 nitrogen and oxygen atoms in total. The van der Waals surface area contributed by atoms with Crippen molar-refractivity contribution in [3.63, 3.8) is 0 Å². The molecule has 0 spiro atoms. The first-order chi connectivity index (χ1) is 14.2. The van der Waals surface area contributed by atoms with E-state index < -0.39 is 20.2 Å². The molecule has 4 aromatic rings. The van der Waals surface area contributed by atoms with Crippen molar-refractivity contribution in [1.29, 1.82) is 0 Å². The average Bonchev–Trinajstić information content (AvgIpc) is 2.69. The molecule has 0 saturated carbocycles. The zero-order valence-electron chi connectivity index (χ0n) is 15.1. The van der Waals surface area contributed by atoms with Gasteiger partial charge in [0.15, 0.2) is 0 Å². The van der Waals surface area contributed by atoms with E-state index in [-0.39, 0.29) is 68.9 Å². The molecule has 0 fully saturated rings. The normalized spacial score (nSPS) is 11.7. The molecule has 0 radical (unpaired) electrons. The molecule has 2 N–H and O–H groups in total. The van der Waals surface area contributed by atoms with E-state index in [0.717, 1.165) is 0 Å². The maximum absolute atomic E-state index is 11.8. The second-order valence-electron chi connectivity index (χ2n) is 6.34. The molecule has 4 aromatic carbocycles. The summed E-state index contributed by atoms with van der Waals surface area (Å²) in [5.74, 6) is 0. The molecule has 4 rings (SSSR count). The zero-order chi connectivity index (χ0) is 21.5. The molecular formula is C20H16Na2O6S4. The maximum atomic E-state index is 11.8. The van der Waals surface area contributed by atoms with Gasteiger partial charge in [0, 0.05) is 20.6 Å². The molecule has 0 saturated heterocycles. The zero-order valence-corrected chi connectivity index (χ0v) is 18.4. The predicted octanol–water partition coefficient (Wildman–Crippen LogP) is 3.99. The fourth-order valence-corrected chi connectivity index (χ4v) is 7.25. The van der Waals surface area contributed by atoms with Crippen molar-refractivity contribution in [2.24, 2.45) is 0 Å². The van der Waals surface area contributed by atoms with Gasteiger partial charge in [0.1, 0.15) is 9.79 Å². The van der Waals surface area contributed by atoms with E-state index >= 15 is 0 Å². The molecule has 0 amide bonds.